The standard InChI is InChI=1S/C20H12O8/c1-25-17(21)7-15-11-3-9-4-12-14(6-10(9)5-13(11)19(23)27-15)20(24)28-16(12)8-18(22)26-2/h3-8H,1-2H3/b15-7-,16-8-. The van der Waals surface area contributed by atoms with Crippen LogP contribution in [-0.2, 0) is 28.5 Å². The molecule has 0 saturated carbocycles. The van der Waals surface area contributed by atoms with Crippen LogP contribution in [-0.4, -0.2) is 38.1 Å². The van der Waals surface area contributed by atoms with Gasteiger partial charge in [-0.05, 0) is 35.0 Å². The largest absolute Gasteiger partial charge is 0.466 e. The lowest BCUT2D eigenvalue weighted by Crippen LogP contribution is -1.97. The number of ether oxygens (including phenoxy) is 4. The molecular formula is C20H12O8. The van der Waals surface area contributed by atoms with Crippen molar-refractivity contribution in [3.63, 3.8) is 0 Å². The molecule has 0 saturated heterocycles. The molecule has 0 fully saturated rings. The van der Waals surface area contributed by atoms with E-state index < -0.39 is 23.9 Å². The van der Waals surface area contributed by atoms with Crippen molar-refractivity contribution < 1.29 is 38.1 Å². The molecule has 0 spiro atoms. The number of benzene rings is 2. The Hall–Kier alpha value is -3.94. The maximum absolute atomic E-state index is 12.1. The Kier molecular flexibility index (Phi) is 3.96. The summed E-state index contributed by atoms with van der Waals surface area (Å²) in [6.45, 7) is 0. The minimum atomic E-state index is -0.660. The summed E-state index contributed by atoms with van der Waals surface area (Å²) in [4.78, 5) is 47.3. The van der Waals surface area contributed by atoms with Crippen LogP contribution >= 0.6 is 0 Å². The number of esters is 4. The van der Waals surface area contributed by atoms with Gasteiger partial charge in [-0.1, -0.05) is 0 Å². The summed E-state index contributed by atoms with van der Waals surface area (Å²) in [6.07, 6.45) is 2.16. The van der Waals surface area contributed by atoms with Crippen molar-refractivity contribution in [1.29, 1.82) is 0 Å². The van der Waals surface area contributed by atoms with Crippen LogP contribution in [0.4, 0.5) is 0 Å². The van der Waals surface area contributed by atoms with Gasteiger partial charge in [0.15, 0.2) is 0 Å². The van der Waals surface area contributed by atoms with E-state index in [0.717, 1.165) is 12.2 Å². The first-order valence-corrected chi connectivity index (χ1v) is 8.07. The number of rotatable bonds is 2. The number of carbonyl (C=O) groups is 4. The molecule has 0 bridgehead atoms. The van der Waals surface area contributed by atoms with Gasteiger partial charge >= 0.3 is 23.9 Å². The van der Waals surface area contributed by atoms with E-state index in [2.05, 4.69) is 9.47 Å². The molecule has 0 N–H and O–H groups in total. The molecule has 4 rings (SSSR count). The van der Waals surface area contributed by atoms with Crippen molar-refractivity contribution in [2.24, 2.45) is 0 Å². The van der Waals surface area contributed by atoms with Gasteiger partial charge in [-0.25, -0.2) is 19.2 Å². The van der Waals surface area contributed by atoms with Crippen LogP contribution in [0.15, 0.2) is 36.4 Å². The molecule has 140 valence electrons. The lowest BCUT2D eigenvalue weighted by Gasteiger charge is -2.04. The van der Waals surface area contributed by atoms with Gasteiger partial charge in [0.25, 0.3) is 0 Å². The number of cyclic esters (lactones) is 2. The second kappa shape index (κ2) is 6.34. The molecule has 8 heteroatoms. The lowest BCUT2D eigenvalue weighted by molar-refractivity contribution is -0.135. The van der Waals surface area contributed by atoms with Crippen LogP contribution in [0.5, 0.6) is 0 Å². The van der Waals surface area contributed by atoms with Crippen molar-refractivity contribution in [2.75, 3.05) is 14.2 Å². The maximum Gasteiger partial charge on any atom is 0.344 e. The normalized spacial score (nSPS) is 17.4. The Bertz CT molecular complexity index is 1070. The summed E-state index contributed by atoms with van der Waals surface area (Å²) < 4.78 is 19.4. The molecular weight excluding hydrogens is 368 g/mol. The number of hydrogen-bond donors (Lipinski definition) is 0. The highest BCUT2D eigenvalue weighted by atomic mass is 16.6. The van der Waals surface area contributed by atoms with Crippen LogP contribution in [0.25, 0.3) is 22.3 Å². The molecule has 2 aromatic rings. The van der Waals surface area contributed by atoms with Crippen molar-refractivity contribution >= 4 is 46.2 Å². The molecule has 0 atom stereocenters. The average Bonchev–Trinajstić information content (AvgIpc) is 3.14. The zero-order valence-electron chi connectivity index (χ0n) is 14.7. The fourth-order valence-electron chi connectivity index (χ4n) is 3.06. The van der Waals surface area contributed by atoms with Gasteiger partial charge in [0.2, 0.25) is 0 Å². The van der Waals surface area contributed by atoms with Gasteiger partial charge in [0, 0.05) is 11.1 Å². The number of hydrogen-bond acceptors (Lipinski definition) is 8. The Balaban J connectivity index is 1.90. The topological polar surface area (TPSA) is 105 Å². The molecule has 2 aromatic carbocycles. The van der Waals surface area contributed by atoms with Gasteiger partial charge in [0.1, 0.15) is 11.5 Å². The van der Waals surface area contributed by atoms with E-state index in [-0.39, 0.29) is 22.6 Å². The molecule has 2 aliphatic rings. The molecule has 0 aromatic heterocycles. The summed E-state index contributed by atoms with van der Waals surface area (Å²) in [5.41, 5.74) is 1.37. The van der Waals surface area contributed by atoms with Crippen molar-refractivity contribution in [3.8, 4) is 0 Å². The Morgan fingerprint density at radius 1 is 0.714 bits per heavy atom. The third kappa shape index (κ3) is 2.71. The lowest BCUT2D eigenvalue weighted by atomic mass is 9.96. The second-order valence-corrected chi connectivity index (χ2v) is 5.99. The highest BCUT2D eigenvalue weighted by Crippen LogP contribution is 2.37. The van der Waals surface area contributed by atoms with Gasteiger partial charge in [-0.2, -0.15) is 0 Å². The molecule has 0 unspecified atom stereocenters. The first kappa shape index (κ1) is 17.5. The summed E-state index contributed by atoms with van der Waals surface area (Å²) in [5, 5.41) is 1.26. The molecule has 0 radical (unpaired) electrons. The Morgan fingerprint density at radius 3 is 1.43 bits per heavy atom. The van der Waals surface area contributed by atoms with Crippen LogP contribution in [0.3, 0.4) is 0 Å². The van der Waals surface area contributed by atoms with Crippen molar-refractivity contribution in [1.82, 2.24) is 0 Å². The highest BCUT2D eigenvalue weighted by Gasteiger charge is 2.31. The monoisotopic (exact) mass is 380 g/mol. The summed E-state index contributed by atoms with van der Waals surface area (Å²) in [7, 11) is 2.43. The van der Waals surface area contributed by atoms with Gasteiger partial charge in [-0.3, -0.25) is 0 Å². The van der Waals surface area contributed by atoms with E-state index in [9.17, 15) is 19.2 Å². The zero-order chi connectivity index (χ0) is 20.0. The predicted molar refractivity (Wildman–Crippen MR) is 94.8 cm³/mol. The van der Waals surface area contributed by atoms with Crippen LogP contribution in [0.2, 0.25) is 0 Å². The predicted octanol–water partition coefficient (Wildman–Crippen LogP) is 2.21. The van der Waals surface area contributed by atoms with Gasteiger partial charge < -0.3 is 18.9 Å². The summed E-state index contributed by atoms with van der Waals surface area (Å²) >= 11 is 0. The average molecular weight is 380 g/mol. The molecule has 28 heavy (non-hydrogen) atoms. The van der Waals surface area contributed by atoms with E-state index >= 15 is 0 Å². The van der Waals surface area contributed by atoms with E-state index in [1.807, 2.05) is 0 Å². The van der Waals surface area contributed by atoms with Crippen molar-refractivity contribution in [2.45, 2.75) is 0 Å². The maximum atomic E-state index is 12.1. The zero-order valence-corrected chi connectivity index (χ0v) is 14.7. The van der Waals surface area contributed by atoms with Gasteiger partial charge in [-0.15, -0.1) is 0 Å². The summed E-state index contributed by atoms with van der Waals surface area (Å²) in [5.74, 6) is -2.39. The first-order valence-electron chi connectivity index (χ1n) is 8.07. The smallest absolute Gasteiger partial charge is 0.344 e. The summed E-state index contributed by atoms with van der Waals surface area (Å²) in [6, 6.07) is 6.45. The number of fused-ring (bicyclic) bond motifs is 3. The third-order valence-electron chi connectivity index (χ3n) is 4.39. The van der Waals surface area contributed by atoms with E-state index in [4.69, 9.17) is 9.47 Å². The van der Waals surface area contributed by atoms with Crippen molar-refractivity contribution in [3.05, 3.63) is 58.7 Å². The quantitative estimate of drug-likeness (QED) is 0.444. The van der Waals surface area contributed by atoms with Crippen LogP contribution in [0, 0.1) is 0 Å². The molecule has 0 aliphatic carbocycles. The number of carbonyl (C=O) groups excluding carboxylic acids is 4. The Labute approximate surface area is 157 Å². The molecule has 2 heterocycles. The SMILES string of the molecule is COC(=O)/C=C1\OC(=O)c2cc3cc4c(cc3cc21)/C(=C/C(=O)OC)OC4=O. The minimum Gasteiger partial charge on any atom is -0.466 e. The fourth-order valence-corrected chi connectivity index (χ4v) is 3.06. The molecule has 0 amide bonds. The second-order valence-electron chi connectivity index (χ2n) is 5.99. The molecule has 2 aliphatic heterocycles. The van der Waals surface area contributed by atoms with E-state index in [1.165, 1.54) is 14.2 Å². The van der Waals surface area contributed by atoms with Gasteiger partial charge in [0.05, 0.1) is 37.5 Å². The van der Waals surface area contributed by atoms with Crippen LogP contribution in [0.1, 0.15) is 31.8 Å². The molecule has 8 nitrogen and oxygen atoms in total. The highest BCUT2D eigenvalue weighted by molar-refractivity contribution is 6.12. The first-order chi connectivity index (χ1) is 13.4. The Morgan fingerprint density at radius 2 is 1.07 bits per heavy atom. The van der Waals surface area contributed by atoms with E-state index in [1.54, 1.807) is 24.3 Å². The van der Waals surface area contributed by atoms with E-state index in [0.29, 0.717) is 21.9 Å². The fraction of sp³-hybridized carbons (Fsp3) is 0.100. The minimum absolute atomic E-state index is 0.0758. The van der Waals surface area contributed by atoms with Crippen LogP contribution < -0.4 is 0 Å². The number of methoxy groups -OCH3 is 2. The third-order valence-corrected chi connectivity index (χ3v) is 4.39.